The van der Waals surface area contributed by atoms with Gasteiger partial charge >= 0.3 is 0 Å². The van der Waals surface area contributed by atoms with Crippen molar-refractivity contribution in [2.24, 2.45) is 7.05 Å². The Labute approximate surface area is 159 Å². The SMILES string of the molecule is COc1c(-c2cc3cn(C4CCNCC4)nc3s2)cc(F)c2nn(C)cc12. The molecule has 1 fully saturated rings. The second-order valence-corrected chi connectivity index (χ2v) is 8.00. The fourth-order valence-electron chi connectivity index (χ4n) is 3.87. The molecule has 0 aliphatic carbocycles. The summed E-state index contributed by atoms with van der Waals surface area (Å²) in [5.41, 5.74) is 1.07. The molecule has 0 atom stereocenters. The summed E-state index contributed by atoms with van der Waals surface area (Å²) in [5, 5.41) is 14.1. The van der Waals surface area contributed by atoms with Gasteiger partial charge in [-0.1, -0.05) is 0 Å². The van der Waals surface area contributed by atoms with Crippen molar-refractivity contribution in [1.29, 1.82) is 0 Å². The van der Waals surface area contributed by atoms with E-state index in [-0.39, 0.29) is 5.82 Å². The lowest BCUT2D eigenvalue weighted by atomic mass is 10.1. The zero-order chi connectivity index (χ0) is 18.5. The minimum Gasteiger partial charge on any atom is -0.495 e. The summed E-state index contributed by atoms with van der Waals surface area (Å²) < 4.78 is 23.9. The summed E-state index contributed by atoms with van der Waals surface area (Å²) in [6.45, 7) is 2.07. The Hall–Kier alpha value is -2.45. The van der Waals surface area contributed by atoms with Crippen LogP contribution in [-0.2, 0) is 7.05 Å². The number of fused-ring (bicyclic) bond motifs is 2. The third-order valence-corrected chi connectivity index (χ3v) is 6.25. The van der Waals surface area contributed by atoms with E-state index in [1.165, 1.54) is 6.07 Å². The topological polar surface area (TPSA) is 56.9 Å². The van der Waals surface area contributed by atoms with E-state index in [4.69, 9.17) is 9.84 Å². The van der Waals surface area contributed by atoms with Gasteiger partial charge in [0, 0.05) is 35.3 Å². The molecule has 140 valence electrons. The van der Waals surface area contributed by atoms with Crippen LogP contribution in [0.15, 0.2) is 24.5 Å². The highest BCUT2D eigenvalue weighted by Crippen LogP contribution is 2.42. The fourth-order valence-corrected chi connectivity index (χ4v) is 4.89. The molecule has 0 saturated carbocycles. The van der Waals surface area contributed by atoms with Crippen LogP contribution in [-0.4, -0.2) is 39.8 Å². The monoisotopic (exact) mass is 385 g/mol. The van der Waals surface area contributed by atoms with Crippen LogP contribution in [0.4, 0.5) is 4.39 Å². The van der Waals surface area contributed by atoms with Crippen LogP contribution in [0.3, 0.4) is 0 Å². The van der Waals surface area contributed by atoms with Gasteiger partial charge in [-0.15, -0.1) is 11.3 Å². The van der Waals surface area contributed by atoms with Crippen LogP contribution >= 0.6 is 11.3 Å². The molecule has 0 bridgehead atoms. The second-order valence-electron chi connectivity index (χ2n) is 6.97. The lowest BCUT2D eigenvalue weighted by Gasteiger charge is -2.22. The molecule has 3 aromatic heterocycles. The molecule has 0 spiro atoms. The molecule has 5 rings (SSSR count). The fraction of sp³-hybridized carbons (Fsp3) is 0.368. The highest BCUT2D eigenvalue weighted by molar-refractivity contribution is 7.21. The molecular formula is C19H20FN5OS. The first-order chi connectivity index (χ1) is 13.1. The maximum absolute atomic E-state index is 14.6. The Kier molecular flexibility index (Phi) is 3.91. The number of nitrogens with one attached hydrogen (secondary N) is 1. The van der Waals surface area contributed by atoms with E-state index >= 15 is 0 Å². The van der Waals surface area contributed by atoms with Gasteiger partial charge in [-0.05, 0) is 38.1 Å². The number of ether oxygens (including phenoxy) is 1. The molecule has 8 heteroatoms. The largest absolute Gasteiger partial charge is 0.495 e. The first-order valence-corrected chi connectivity index (χ1v) is 9.85. The predicted octanol–water partition coefficient (Wildman–Crippen LogP) is 3.72. The van der Waals surface area contributed by atoms with E-state index in [1.54, 1.807) is 36.4 Å². The van der Waals surface area contributed by atoms with Crippen molar-refractivity contribution in [3.05, 3.63) is 30.3 Å². The van der Waals surface area contributed by atoms with Gasteiger partial charge in [0.15, 0.2) is 5.82 Å². The number of hydrogen-bond donors (Lipinski definition) is 1. The van der Waals surface area contributed by atoms with Crippen LogP contribution in [0.25, 0.3) is 31.6 Å². The Balaban J connectivity index is 1.59. The number of thiophene rings is 1. The van der Waals surface area contributed by atoms with Gasteiger partial charge in [0.25, 0.3) is 0 Å². The number of hydrogen-bond acceptors (Lipinski definition) is 5. The zero-order valence-electron chi connectivity index (χ0n) is 15.2. The zero-order valence-corrected chi connectivity index (χ0v) is 16.0. The van der Waals surface area contributed by atoms with Crippen molar-refractivity contribution in [3.63, 3.8) is 0 Å². The molecule has 6 nitrogen and oxygen atoms in total. The third kappa shape index (κ3) is 2.71. The van der Waals surface area contributed by atoms with Crippen molar-refractivity contribution in [1.82, 2.24) is 24.9 Å². The number of nitrogens with zero attached hydrogens (tertiary/aromatic N) is 4. The van der Waals surface area contributed by atoms with Gasteiger partial charge in [0.05, 0.1) is 18.5 Å². The average Bonchev–Trinajstić information content (AvgIpc) is 3.35. The molecule has 1 aliphatic heterocycles. The van der Waals surface area contributed by atoms with Gasteiger partial charge in [0.1, 0.15) is 16.1 Å². The van der Waals surface area contributed by atoms with Crippen molar-refractivity contribution in [2.45, 2.75) is 18.9 Å². The molecule has 1 aliphatic rings. The molecule has 1 saturated heterocycles. The van der Waals surface area contributed by atoms with E-state index in [0.29, 0.717) is 22.7 Å². The molecule has 0 amide bonds. The van der Waals surface area contributed by atoms with Gasteiger partial charge in [-0.25, -0.2) is 4.39 Å². The van der Waals surface area contributed by atoms with Crippen LogP contribution in [0.1, 0.15) is 18.9 Å². The first-order valence-electron chi connectivity index (χ1n) is 9.03. The normalized spacial score (nSPS) is 15.8. The number of benzene rings is 1. The summed E-state index contributed by atoms with van der Waals surface area (Å²) in [6.07, 6.45) is 6.09. The lowest BCUT2D eigenvalue weighted by Crippen LogP contribution is -2.29. The van der Waals surface area contributed by atoms with Gasteiger partial charge < -0.3 is 10.1 Å². The van der Waals surface area contributed by atoms with Crippen molar-refractivity contribution in [3.8, 4) is 16.2 Å². The minimum absolute atomic E-state index is 0.329. The average molecular weight is 385 g/mol. The highest BCUT2D eigenvalue weighted by Gasteiger charge is 2.21. The number of halogens is 1. The summed E-state index contributed by atoms with van der Waals surface area (Å²) in [6, 6.07) is 4.04. The molecule has 0 radical (unpaired) electrons. The number of piperidine rings is 1. The Morgan fingerprint density at radius 1 is 1.22 bits per heavy atom. The number of aromatic nitrogens is 4. The third-order valence-electron chi connectivity index (χ3n) is 5.19. The number of aryl methyl sites for hydroxylation is 1. The summed E-state index contributed by atoms with van der Waals surface area (Å²) in [4.78, 5) is 1.92. The van der Waals surface area contributed by atoms with Gasteiger partial charge in [-0.3, -0.25) is 9.36 Å². The lowest BCUT2D eigenvalue weighted by molar-refractivity contribution is 0.345. The van der Waals surface area contributed by atoms with Crippen molar-refractivity contribution < 1.29 is 9.13 Å². The number of rotatable bonds is 3. The molecule has 1 aromatic carbocycles. The molecular weight excluding hydrogens is 365 g/mol. The molecule has 4 heterocycles. The van der Waals surface area contributed by atoms with Crippen LogP contribution < -0.4 is 10.1 Å². The molecule has 4 aromatic rings. The van der Waals surface area contributed by atoms with E-state index < -0.39 is 0 Å². The quantitative estimate of drug-likeness (QED) is 0.584. The smallest absolute Gasteiger partial charge is 0.152 e. The van der Waals surface area contributed by atoms with Gasteiger partial charge in [0.2, 0.25) is 0 Å². The van der Waals surface area contributed by atoms with E-state index in [2.05, 4.69) is 27.4 Å². The van der Waals surface area contributed by atoms with Crippen LogP contribution in [0, 0.1) is 5.82 Å². The Bertz CT molecular complexity index is 1110. The van der Waals surface area contributed by atoms with Crippen LogP contribution in [0.2, 0.25) is 0 Å². The maximum atomic E-state index is 14.6. The van der Waals surface area contributed by atoms with Crippen LogP contribution in [0.5, 0.6) is 5.75 Å². The molecule has 27 heavy (non-hydrogen) atoms. The molecule has 1 N–H and O–H groups in total. The Morgan fingerprint density at radius 2 is 2.04 bits per heavy atom. The standard InChI is InChI=1S/C19H20FN5OS/c1-24-10-14-17(22-24)15(20)8-13(18(14)26-2)16-7-11-9-25(23-19(11)27-16)12-3-5-21-6-4-12/h7-10,12,21H,3-6H2,1-2H3. The summed E-state index contributed by atoms with van der Waals surface area (Å²) in [7, 11) is 3.39. The van der Waals surface area contributed by atoms with Crippen molar-refractivity contribution in [2.75, 3.05) is 20.2 Å². The number of methoxy groups -OCH3 is 1. The molecule has 0 unspecified atom stereocenters. The summed E-state index contributed by atoms with van der Waals surface area (Å²) in [5.74, 6) is 0.307. The Morgan fingerprint density at radius 3 is 2.78 bits per heavy atom. The summed E-state index contributed by atoms with van der Waals surface area (Å²) >= 11 is 1.57. The van der Waals surface area contributed by atoms with E-state index in [9.17, 15) is 4.39 Å². The van der Waals surface area contributed by atoms with Crippen molar-refractivity contribution >= 4 is 32.5 Å². The van der Waals surface area contributed by atoms with E-state index in [0.717, 1.165) is 46.6 Å². The second kappa shape index (κ2) is 6.31. The minimum atomic E-state index is -0.341. The van der Waals surface area contributed by atoms with E-state index in [1.807, 2.05) is 0 Å². The maximum Gasteiger partial charge on any atom is 0.152 e. The predicted molar refractivity (Wildman–Crippen MR) is 105 cm³/mol. The first kappa shape index (κ1) is 16.7. The highest BCUT2D eigenvalue weighted by atomic mass is 32.1. The van der Waals surface area contributed by atoms with Gasteiger partial charge in [-0.2, -0.15) is 10.2 Å².